The van der Waals surface area contributed by atoms with Crippen molar-refractivity contribution in [2.24, 2.45) is 0 Å². The SMILES string of the molecule is O=C(Nc1nc(-c2ccccc2)ns1)[C@@H]1CCCCN1c1ncc(C(F)(F)F)cc1Cl. The molecule has 0 spiro atoms. The number of amides is 1. The third kappa shape index (κ3) is 4.80. The van der Waals surface area contributed by atoms with Gasteiger partial charge < -0.3 is 4.90 Å². The lowest BCUT2D eigenvalue weighted by molar-refractivity contribution is -0.137. The number of nitrogens with one attached hydrogen (secondary N) is 1. The molecule has 0 unspecified atom stereocenters. The summed E-state index contributed by atoms with van der Waals surface area (Å²) < 4.78 is 43.0. The fourth-order valence-electron chi connectivity index (χ4n) is 3.42. The van der Waals surface area contributed by atoms with Gasteiger partial charge in [-0.05, 0) is 25.3 Å². The first kappa shape index (κ1) is 21.5. The van der Waals surface area contributed by atoms with E-state index in [0.29, 0.717) is 23.9 Å². The number of carbonyl (C=O) groups excluding carboxylic acids is 1. The van der Waals surface area contributed by atoms with Crippen LogP contribution in [0.15, 0.2) is 42.6 Å². The average Bonchev–Trinajstić information content (AvgIpc) is 3.22. The molecule has 1 N–H and O–H groups in total. The third-order valence-electron chi connectivity index (χ3n) is 4.91. The normalized spacial score (nSPS) is 16.9. The molecule has 0 saturated carbocycles. The number of anilines is 2. The number of hydrogen-bond acceptors (Lipinski definition) is 6. The summed E-state index contributed by atoms with van der Waals surface area (Å²) in [7, 11) is 0. The zero-order valence-corrected chi connectivity index (χ0v) is 17.6. The van der Waals surface area contributed by atoms with Crippen molar-refractivity contribution in [3.05, 3.63) is 53.2 Å². The van der Waals surface area contributed by atoms with Crippen molar-refractivity contribution in [2.45, 2.75) is 31.5 Å². The molecule has 31 heavy (non-hydrogen) atoms. The zero-order chi connectivity index (χ0) is 22.0. The summed E-state index contributed by atoms with van der Waals surface area (Å²) in [5, 5.41) is 2.98. The number of hydrogen-bond donors (Lipinski definition) is 1. The topological polar surface area (TPSA) is 71.0 Å². The summed E-state index contributed by atoms with van der Waals surface area (Å²) in [6, 6.07) is 9.58. The second-order valence-corrected chi connectivity index (χ2v) is 8.17. The monoisotopic (exact) mass is 467 g/mol. The lowest BCUT2D eigenvalue weighted by Gasteiger charge is -2.35. The summed E-state index contributed by atoms with van der Waals surface area (Å²) in [6.45, 7) is 0.460. The van der Waals surface area contributed by atoms with Crippen molar-refractivity contribution in [1.82, 2.24) is 14.3 Å². The van der Waals surface area contributed by atoms with Gasteiger partial charge in [-0.3, -0.25) is 10.1 Å². The van der Waals surface area contributed by atoms with Crippen molar-refractivity contribution >= 4 is 40.0 Å². The minimum atomic E-state index is -4.54. The van der Waals surface area contributed by atoms with Crippen molar-refractivity contribution in [3.8, 4) is 11.4 Å². The maximum Gasteiger partial charge on any atom is 0.417 e. The molecular weight excluding hydrogens is 451 g/mol. The largest absolute Gasteiger partial charge is 0.417 e. The minimum Gasteiger partial charge on any atom is -0.343 e. The van der Waals surface area contributed by atoms with Gasteiger partial charge in [-0.1, -0.05) is 41.9 Å². The second kappa shape index (κ2) is 8.80. The van der Waals surface area contributed by atoms with E-state index < -0.39 is 17.8 Å². The fourth-order valence-corrected chi connectivity index (χ4v) is 4.29. The third-order valence-corrected chi connectivity index (χ3v) is 5.82. The van der Waals surface area contributed by atoms with Gasteiger partial charge in [0.15, 0.2) is 5.82 Å². The fraction of sp³-hybridized carbons (Fsp3) is 0.300. The Kier molecular flexibility index (Phi) is 6.10. The molecule has 2 aromatic heterocycles. The number of halogens is 4. The first-order chi connectivity index (χ1) is 14.8. The van der Waals surface area contributed by atoms with E-state index in [-0.39, 0.29) is 16.7 Å². The number of nitrogens with zero attached hydrogens (tertiary/aromatic N) is 4. The molecule has 1 amide bonds. The van der Waals surface area contributed by atoms with Crippen LogP contribution >= 0.6 is 23.1 Å². The van der Waals surface area contributed by atoms with E-state index in [4.69, 9.17) is 11.6 Å². The van der Waals surface area contributed by atoms with Gasteiger partial charge in [0, 0.05) is 29.8 Å². The maximum absolute atomic E-state index is 13.0. The van der Waals surface area contributed by atoms with Crippen LogP contribution < -0.4 is 10.2 Å². The molecule has 6 nitrogen and oxygen atoms in total. The van der Waals surface area contributed by atoms with Crippen LogP contribution in [0.3, 0.4) is 0 Å². The van der Waals surface area contributed by atoms with E-state index in [9.17, 15) is 18.0 Å². The summed E-state index contributed by atoms with van der Waals surface area (Å²) in [5.74, 6) is 0.346. The lowest BCUT2D eigenvalue weighted by Crippen LogP contribution is -2.47. The highest BCUT2D eigenvalue weighted by molar-refractivity contribution is 7.10. The number of benzene rings is 1. The molecule has 0 radical (unpaired) electrons. The van der Waals surface area contributed by atoms with Crippen LogP contribution in [0.25, 0.3) is 11.4 Å². The lowest BCUT2D eigenvalue weighted by atomic mass is 10.0. The Labute approximate surface area is 185 Å². The number of piperidine rings is 1. The highest BCUT2D eigenvalue weighted by Crippen LogP contribution is 2.35. The molecule has 1 aromatic carbocycles. The van der Waals surface area contributed by atoms with E-state index in [1.54, 1.807) is 4.90 Å². The van der Waals surface area contributed by atoms with Crippen molar-refractivity contribution in [1.29, 1.82) is 0 Å². The number of pyridine rings is 1. The quantitative estimate of drug-likeness (QED) is 0.566. The van der Waals surface area contributed by atoms with Crippen LogP contribution in [0.4, 0.5) is 24.1 Å². The molecule has 0 bridgehead atoms. The Bertz CT molecular complexity index is 1080. The van der Waals surface area contributed by atoms with Gasteiger partial charge in [0.2, 0.25) is 11.0 Å². The highest BCUT2D eigenvalue weighted by atomic mass is 35.5. The standard InChI is InChI=1S/C20H17ClF3N5OS/c21-14-10-13(20(22,23)24)11-25-17(14)29-9-5-4-8-15(29)18(30)27-19-26-16(28-31-19)12-6-2-1-3-7-12/h1-3,6-7,10-11,15H,4-5,8-9H2,(H,26,27,28,30)/t15-/m0/s1. The summed E-state index contributed by atoms with van der Waals surface area (Å²) in [5.41, 5.74) is -0.0964. The van der Waals surface area contributed by atoms with E-state index in [1.165, 1.54) is 0 Å². The molecule has 4 rings (SSSR count). The smallest absolute Gasteiger partial charge is 0.343 e. The zero-order valence-electron chi connectivity index (χ0n) is 16.1. The second-order valence-electron chi connectivity index (χ2n) is 7.01. The van der Waals surface area contributed by atoms with Crippen LogP contribution in [0.5, 0.6) is 0 Å². The van der Waals surface area contributed by atoms with E-state index in [0.717, 1.165) is 42.2 Å². The maximum atomic E-state index is 13.0. The first-order valence-corrected chi connectivity index (χ1v) is 10.7. The Morgan fingerprint density at radius 1 is 1.23 bits per heavy atom. The number of aromatic nitrogens is 3. The van der Waals surface area contributed by atoms with Gasteiger partial charge in [-0.15, -0.1) is 0 Å². The van der Waals surface area contributed by atoms with Crippen molar-refractivity contribution in [2.75, 3.05) is 16.8 Å². The summed E-state index contributed by atoms with van der Waals surface area (Å²) >= 11 is 7.18. The van der Waals surface area contributed by atoms with E-state index in [2.05, 4.69) is 19.7 Å². The van der Waals surface area contributed by atoms with Crippen molar-refractivity contribution < 1.29 is 18.0 Å². The van der Waals surface area contributed by atoms with Crippen LogP contribution in [0.2, 0.25) is 5.02 Å². The van der Waals surface area contributed by atoms with E-state index >= 15 is 0 Å². The predicted octanol–water partition coefficient (Wildman–Crippen LogP) is 5.27. The van der Waals surface area contributed by atoms with Crippen LogP contribution in [0.1, 0.15) is 24.8 Å². The van der Waals surface area contributed by atoms with Crippen LogP contribution in [-0.4, -0.2) is 32.8 Å². The molecule has 3 heterocycles. The van der Waals surface area contributed by atoms with E-state index in [1.807, 2.05) is 30.3 Å². The Balaban J connectivity index is 1.53. The summed E-state index contributed by atoms with van der Waals surface area (Å²) in [6.07, 6.45) is -1.70. The molecule has 1 aliphatic rings. The molecule has 11 heteroatoms. The van der Waals surface area contributed by atoms with Gasteiger partial charge in [-0.25, -0.2) is 4.98 Å². The predicted molar refractivity (Wildman–Crippen MR) is 113 cm³/mol. The van der Waals surface area contributed by atoms with Crippen LogP contribution in [0, 0.1) is 0 Å². The Morgan fingerprint density at radius 3 is 2.71 bits per heavy atom. The highest BCUT2D eigenvalue weighted by Gasteiger charge is 2.35. The summed E-state index contributed by atoms with van der Waals surface area (Å²) in [4.78, 5) is 22.9. The van der Waals surface area contributed by atoms with Gasteiger partial charge in [-0.2, -0.15) is 22.5 Å². The molecule has 3 aromatic rings. The molecule has 1 atom stereocenters. The number of rotatable bonds is 4. The molecule has 1 aliphatic heterocycles. The Hall–Kier alpha value is -2.72. The molecular formula is C20H17ClF3N5OS. The van der Waals surface area contributed by atoms with Crippen molar-refractivity contribution in [3.63, 3.8) is 0 Å². The molecule has 1 saturated heterocycles. The average molecular weight is 468 g/mol. The first-order valence-electron chi connectivity index (χ1n) is 9.52. The molecule has 162 valence electrons. The van der Waals surface area contributed by atoms with Crippen LogP contribution in [-0.2, 0) is 11.0 Å². The minimum absolute atomic E-state index is 0.142. The number of carbonyl (C=O) groups is 1. The number of alkyl halides is 3. The van der Waals surface area contributed by atoms with Gasteiger partial charge in [0.05, 0.1) is 10.6 Å². The molecule has 1 fully saturated rings. The van der Waals surface area contributed by atoms with Gasteiger partial charge >= 0.3 is 6.18 Å². The molecule has 0 aliphatic carbocycles. The van der Waals surface area contributed by atoms with Gasteiger partial charge in [0.25, 0.3) is 0 Å². The van der Waals surface area contributed by atoms with Gasteiger partial charge in [0.1, 0.15) is 11.9 Å². The Morgan fingerprint density at radius 2 is 2.00 bits per heavy atom.